The lowest BCUT2D eigenvalue weighted by Gasteiger charge is -2.60. The highest BCUT2D eigenvalue weighted by atomic mass is 16.4. The monoisotopic (exact) mass is 493 g/mol. The topological polar surface area (TPSA) is 83.6 Å². The quantitative estimate of drug-likeness (QED) is 0.202. The lowest BCUT2D eigenvalue weighted by molar-refractivity contribution is -0.139. The van der Waals surface area contributed by atoms with Crippen LogP contribution in [0.1, 0.15) is 133 Å². The molecule has 6 atom stereocenters. The number of aliphatic hydroxyl groups is 1. The minimum atomic E-state index is -0.843. The second-order valence-corrected chi connectivity index (χ2v) is 13.2. The Morgan fingerprint density at radius 1 is 1.11 bits per heavy atom. The first-order valence-electron chi connectivity index (χ1n) is 14.5. The van der Waals surface area contributed by atoms with E-state index in [0.717, 1.165) is 57.8 Å². The van der Waals surface area contributed by atoms with Gasteiger partial charge in [-0.2, -0.15) is 0 Å². The first-order valence-corrected chi connectivity index (χ1v) is 14.5. The van der Waals surface area contributed by atoms with Crippen molar-refractivity contribution in [3.63, 3.8) is 0 Å². The number of rotatable bonds is 15. The van der Waals surface area contributed by atoms with Crippen LogP contribution in [0.15, 0.2) is 11.6 Å². The maximum atomic E-state index is 12.1. The summed E-state index contributed by atoms with van der Waals surface area (Å²) in [4.78, 5) is 12.1. The molecular formula is C31H59NO3. The lowest BCUT2D eigenvalue weighted by atomic mass is 9.44. The minimum Gasteiger partial charge on any atom is -0.481 e. The Kier molecular flexibility index (Phi) is 11.6. The van der Waals surface area contributed by atoms with Gasteiger partial charge in [-0.25, -0.2) is 0 Å². The van der Waals surface area contributed by atoms with Crippen LogP contribution >= 0.6 is 0 Å². The zero-order valence-corrected chi connectivity index (χ0v) is 24.8. The van der Waals surface area contributed by atoms with Gasteiger partial charge >= 0.3 is 5.97 Å². The molecule has 4 nitrogen and oxygen atoms in total. The average molecular weight is 494 g/mol. The molecular weight excluding hydrogens is 434 g/mol. The third-order valence-corrected chi connectivity index (χ3v) is 10.3. The van der Waals surface area contributed by atoms with Crippen LogP contribution in [0.2, 0.25) is 0 Å². The molecule has 0 aromatic heterocycles. The summed E-state index contributed by atoms with van der Waals surface area (Å²) < 4.78 is 0. The van der Waals surface area contributed by atoms with Crippen LogP contribution in [0.3, 0.4) is 0 Å². The maximum Gasteiger partial charge on any atom is 0.305 e. The molecule has 0 aromatic rings. The lowest BCUT2D eigenvalue weighted by Crippen LogP contribution is -2.59. The molecule has 0 spiro atoms. The van der Waals surface area contributed by atoms with Crippen LogP contribution in [-0.4, -0.2) is 27.8 Å². The summed E-state index contributed by atoms with van der Waals surface area (Å²) in [5.41, 5.74) is 7.27. The highest BCUT2D eigenvalue weighted by Crippen LogP contribution is 2.63. The molecule has 0 amide bonds. The van der Waals surface area contributed by atoms with E-state index < -0.39 is 11.5 Å². The highest BCUT2D eigenvalue weighted by Gasteiger charge is 2.57. The van der Waals surface area contributed by atoms with Gasteiger partial charge in [0.05, 0.1) is 18.1 Å². The fraction of sp³-hybridized carbons (Fsp3) is 0.903. The Balaban J connectivity index is 3.62. The fourth-order valence-electron chi connectivity index (χ4n) is 7.35. The van der Waals surface area contributed by atoms with Gasteiger partial charge in [0.1, 0.15) is 0 Å². The van der Waals surface area contributed by atoms with Crippen molar-refractivity contribution in [1.29, 1.82) is 0 Å². The van der Waals surface area contributed by atoms with Gasteiger partial charge in [0.2, 0.25) is 0 Å². The van der Waals surface area contributed by atoms with E-state index in [0.29, 0.717) is 11.8 Å². The SMILES string of the molecule is CCCC[C@]1(C)C(C(N)(CC(=O)O)C(C)CC)=CCC(C(C)C)[C@@]1(C)CCCC(C)(C)[C@@H](O)CC. The van der Waals surface area contributed by atoms with Crippen molar-refractivity contribution in [3.05, 3.63) is 11.6 Å². The first kappa shape index (κ1) is 32.2. The molecule has 0 saturated heterocycles. The van der Waals surface area contributed by atoms with Gasteiger partial charge in [-0.1, -0.05) is 101 Å². The molecule has 1 rings (SSSR count). The second kappa shape index (κ2) is 12.6. The molecule has 0 aromatic carbocycles. The summed E-state index contributed by atoms with van der Waals surface area (Å²) in [6, 6.07) is 0. The molecule has 4 N–H and O–H groups in total. The molecule has 0 heterocycles. The van der Waals surface area contributed by atoms with Gasteiger partial charge in [-0.15, -0.1) is 0 Å². The predicted octanol–water partition coefficient (Wildman–Crippen LogP) is 7.98. The standard InChI is InChI=1S/C31H59NO3/c1-11-14-19-30(10)25(31(32,21-27(34)35)23(6)12-2)17-16-24(22(4)5)29(30,9)20-15-18-28(7,8)26(33)13-3/h17,22-24,26,33H,11-16,18-21,32H2,1-10H3,(H,34,35)/t23?,24?,26-,29+,30+,31?/m0/s1. The number of carboxylic acids is 1. The summed E-state index contributed by atoms with van der Waals surface area (Å²) in [6.07, 6.45) is 11.0. The van der Waals surface area contributed by atoms with E-state index in [1.165, 1.54) is 5.57 Å². The van der Waals surface area contributed by atoms with Crippen LogP contribution in [0.4, 0.5) is 0 Å². The molecule has 1 aliphatic carbocycles. The molecule has 35 heavy (non-hydrogen) atoms. The van der Waals surface area contributed by atoms with Crippen molar-refractivity contribution in [2.75, 3.05) is 0 Å². The molecule has 0 fully saturated rings. The van der Waals surface area contributed by atoms with E-state index in [-0.39, 0.29) is 34.7 Å². The third-order valence-electron chi connectivity index (χ3n) is 10.3. The Labute approximate surface area is 217 Å². The van der Waals surface area contributed by atoms with E-state index in [9.17, 15) is 15.0 Å². The fourth-order valence-corrected chi connectivity index (χ4v) is 7.35. The smallest absolute Gasteiger partial charge is 0.305 e. The van der Waals surface area contributed by atoms with Gasteiger partial charge < -0.3 is 15.9 Å². The number of nitrogens with two attached hydrogens (primary N) is 1. The molecule has 0 radical (unpaired) electrons. The second-order valence-electron chi connectivity index (χ2n) is 13.2. The first-order chi connectivity index (χ1) is 16.1. The van der Waals surface area contributed by atoms with Crippen LogP contribution in [-0.2, 0) is 4.79 Å². The van der Waals surface area contributed by atoms with E-state index in [4.69, 9.17) is 5.73 Å². The van der Waals surface area contributed by atoms with Crippen LogP contribution in [0.25, 0.3) is 0 Å². The number of aliphatic carboxylic acids is 1. The summed E-state index contributed by atoms with van der Waals surface area (Å²) in [6.45, 7) is 22.5. The molecule has 206 valence electrons. The zero-order chi connectivity index (χ0) is 27.2. The number of hydrogen-bond donors (Lipinski definition) is 3. The molecule has 3 unspecified atom stereocenters. The molecule has 0 bridgehead atoms. The van der Waals surface area contributed by atoms with Crippen LogP contribution in [0.5, 0.6) is 0 Å². The van der Waals surface area contributed by atoms with Crippen molar-refractivity contribution >= 4 is 5.97 Å². The predicted molar refractivity (Wildman–Crippen MR) is 149 cm³/mol. The van der Waals surface area contributed by atoms with Crippen LogP contribution in [0, 0.1) is 34.0 Å². The van der Waals surface area contributed by atoms with Crippen molar-refractivity contribution in [3.8, 4) is 0 Å². The number of unbranched alkanes of at least 4 members (excludes halogenated alkanes) is 1. The number of aliphatic hydroxyl groups excluding tert-OH is 1. The van der Waals surface area contributed by atoms with Crippen molar-refractivity contribution < 1.29 is 15.0 Å². The van der Waals surface area contributed by atoms with E-state index in [1.807, 2.05) is 0 Å². The number of allylic oxidation sites excluding steroid dienone is 1. The van der Waals surface area contributed by atoms with Crippen LogP contribution < -0.4 is 5.73 Å². The number of hydrogen-bond acceptors (Lipinski definition) is 3. The summed E-state index contributed by atoms with van der Waals surface area (Å²) >= 11 is 0. The molecule has 0 saturated carbocycles. The molecule has 0 aliphatic heterocycles. The largest absolute Gasteiger partial charge is 0.481 e. The molecule has 1 aliphatic rings. The highest BCUT2D eigenvalue weighted by molar-refractivity contribution is 5.70. The summed E-state index contributed by atoms with van der Waals surface area (Å²) in [5, 5.41) is 20.5. The van der Waals surface area contributed by atoms with E-state index in [2.05, 4.69) is 75.3 Å². The van der Waals surface area contributed by atoms with E-state index >= 15 is 0 Å². The van der Waals surface area contributed by atoms with Crippen molar-refractivity contribution in [2.45, 2.75) is 145 Å². The average Bonchev–Trinajstić information content (AvgIpc) is 2.77. The van der Waals surface area contributed by atoms with Gasteiger partial charge in [-0.3, -0.25) is 4.79 Å². The Hall–Kier alpha value is -0.870. The minimum absolute atomic E-state index is 0.00422. The number of carboxylic acid groups (broad SMARTS) is 1. The van der Waals surface area contributed by atoms with Gasteiger partial charge in [0.25, 0.3) is 0 Å². The normalized spacial score (nSPS) is 28.9. The third kappa shape index (κ3) is 6.72. The number of carbonyl (C=O) groups is 1. The summed E-state index contributed by atoms with van der Waals surface area (Å²) in [5.74, 6) is 0.320. The van der Waals surface area contributed by atoms with Crippen molar-refractivity contribution in [2.24, 2.45) is 39.7 Å². The van der Waals surface area contributed by atoms with Crippen molar-refractivity contribution in [1.82, 2.24) is 0 Å². The van der Waals surface area contributed by atoms with Gasteiger partial charge in [0.15, 0.2) is 0 Å². The van der Waals surface area contributed by atoms with E-state index in [1.54, 1.807) is 0 Å². The Morgan fingerprint density at radius 3 is 2.17 bits per heavy atom. The zero-order valence-electron chi connectivity index (χ0n) is 24.8. The van der Waals surface area contributed by atoms with Gasteiger partial charge in [-0.05, 0) is 71.7 Å². The Bertz CT molecular complexity index is 714. The maximum absolute atomic E-state index is 12.1. The van der Waals surface area contributed by atoms with Gasteiger partial charge in [0, 0.05) is 0 Å². The molecule has 4 heteroatoms. The Morgan fingerprint density at radius 2 is 1.71 bits per heavy atom. The summed E-state index contributed by atoms with van der Waals surface area (Å²) in [7, 11) is 0.